The van der Waals surface area contributed by atoms with E-state index >= 15 is 0 Å². The molecule has 1 aliphatic rings. The second kappa shape index (κ2) is 5.72. The van der Waals surface area contributed by atoms with Crippen LogP contribution >= 0.6 is 15.9 Å². The molecule has 0 unspecified atom stereocenters. The lowest BCUT2D eigenvalue weighted by Crippen LogP contribution is -2.47. The van der Waals surface area contributed by atoms with Gasteiger partial charge in [-0.1, -0.05) is 35.0 Å². The second-order valence-electron chi connectivity index (χ2n) is 6.21. The van der Waals surface area contributed by atoms with E-state index in [9.17, 15) is 4.79 Å². The monoisotopic (exact) mass is 335 g/mol. The van der Waals surface area contributed by atoms with Crippen LogP contribution in [0.1, 0.15) is 32.3 Å². The number of rotatable bonds is 4. The van der Waals surface area contributed by atoms with Crippen molar-refractivity contribution in [3.05, 3.63) is 46.1 Å². The SMILES string of the molecule is C/C(=C\N(C)C)C(=O)C1(c2cccc(Br)c2)CC(C)C1. The molecule has 1 aliphatic carbocycles. The van der Waals surface area contributed by atoms with Crippen LogP contribution in [-0.4, -0.2) is 24.8 Å². The predicted molar refractivity (Wildman–Crippen MR) is 86.7 cm³/mol. The molecular weight excluding hydrogens is 314 g/mol. The molecule has 1 aromatic rings. The van der Waals surface area contributed by atoms with E-state index in [0.29, 0.717) is 5.92 Å². The van der Waals surface area contributed by atoms with Crippen molar-refractivity contribution in [2.24, 2.45) is 5.92 Å². The van der Waals surface area contributed by atoms with E-state index in [1.807, 2.05) is 44.3 Å². The molecule has 2 nitrogen and oxygen atoms in total. The van der Waals surface area contributed by atoms with Gasteiger partial charge in [0.2, 0.25) is 0 Å². The lowest BCUT2D eigenvalue weighted by molar-refractivity contribution is -0.125. The molecule has 0 atom stereocenters. The Morgan fingerprint density at radius 3 is 2.55 bits per heavy atom. The minimum absolute atomic E-state index is 0.266. The Bertz CT molecular complexity index is 542. The van der Waals surface area contributed by atoms with Gasteiger partial charge in [0.1, 0.15) is 0 Å². The highest BCUT2D eigenvalue weighted by Gasteiger charge is 2.49. The summed E-state index contributed by atoms with van der Waals surface area (Å²) in [7, 11) is 3.90. The predicted octanol–water partition coefficient (Wildman–Crippen LogP) is 4.15. The number of allylic oxidation sites excluding steroid dienone is 1. The summed E-state index contributed by atoms with van der Waals surface area (Å²) in [5.74, 6) is 0.882. The van der Waals surface area contributed by atoms with E-state index in [-0.39, 0.29) is 11.2 Å². The number of benzene rings is 1. The van der Waals surface area contributed by atoms with Crippen molar-refractivity contribution < 1.29 is 4.79 Å². The standard InChI is InChI=1S/C17H22BrNO/c1-12-9-17(10-12,14-6-5-7-15(18)8-14)16(20)13(2)11-19(3)4/h5-8,11-12H,9-10H2,1-4H3/b13-11+. The average molecular weight is 336 g/mol. The molecule has 108 valence electrons. The minimum atomic E-state index is -0.320. The first-order chi connectivity index (χ1) is 9.35. The Morgan fingerprint density at radius 2 is 2.05 bits per heavy atom. The Labute approximate surface area is 130 Å². The molecule has 0 heterocycles. The summed E-state index contributed by atoms with van der Waals surface area (Å²) in [6.07, 6.45) is 3.81. The van der Waals surface area contributed by atoms with E-state index < -0.39 is 0 Å². The van der Waals surface area contributed by atoms with Crippen molar-refractivity contribution in [3.63, 3.8) is 0 Å². The molecule has 0 aliphatic heterocycles. The Kier molecular flexibility index (Phi) is 4.38. The first-order valence-electron chi connectivity index (χ1n) is 7.01. The van der Waals surface area contributed by atoms with E-state index in [0.717, 1.165) is 28.5 Å². The van der Waals surface area contributed by atoms with Gasteiger partial charge in [0.15, 0.2) is 5.78 Å². The van der Waals surface area contributed by atoms with Gasteiger partial charge in [-0.3, -0.25) is 4.79 Å². The highest BCUT2D eigenvalue weighted by Crippen LogP contribution is 2.49. The fourth-order valence-electron chi connectivity index (χ4n) is 3.29. The van der Waals surface area contributed by atoms with Crippen molar-refractivity contribution in [1.82, 2.24) is 4.90 Å². The molecule has 0 amide bonds. The molecule has 0 spiro atoms. The second-order valence-corrected chi connectivity index (χ2v) is 7.13. The van der Waals surface area contributed by atoms with Crippen LogP contribution in [0.15, 0.2) is 40.5 Å². The van der Waals surface area contributed by atoms with Crippen LogP contribution in [-0.2, 0) is 10.2 Å². The molecule has 0 bridgehead atoms. The van der Waals surface area contributed by atoms with Gasteiger partial charge in [0, 0.05) is 30.3 Å². The third kappa shape index (κ3) is 2.83. The van der Waals surface area contributed by atoms with E-state index in [1.54, 1.807) is 0 Å². The number of nitrogens with zero attached hydrogens (tertiary/aromatic N) is 1. The Balaban J connectivity index is 2.39. The third-order valence-electron chi connectivity index (χ3n) is 4.02. The highest BCUT2D eigenvalue weighted by atomic mass is 79.9. The van der Waals surface area contributed by atoms with Crippen LogP contribution in [0.5, 0.6) is 0 Å². The topological polar surface area (TPSA) is 20.3 Å². The summed E-state index contributed by atoms with van der Waals surface area (Å²) >= 11 is 3.52. The number of hydrogen-bond acceptors (Lipinski definition) is 2. The van der Waals surface area contributed by atoms with Crippen LogP contribution in [0.25, 0.3) is 0 Å². The van der Waals surface area contributed by atoms with Crippen molar-refractivity contribution in [1.29, 1.82) is 0 Å². The maximum atomic E-state index is 12.9. The van der Waals surface area contributed by atoms with Crippen molar-refractivity contribution in [2.75, 3.05) is 14.1 Å². The van der Waals surface area contributed by atoms with Gasteiger partial charge in [0.25, 0.3) is 0 Å². The smallest absolute Gasteiger partial charge is 0.170 e. The van der Waals surface area contributed by atoms with Crippen molar-refractivity contribution in [3.8, 4) is 0 Å². The quantitative estimate of drug-likeness (QED) is 0.770. The van der Waals surface area contributed by atoms with Gasteiger partial charge in [-0.15, -0.1) is 0 Å². The molecule has 20 heavy (non-hydrogen) atoms. The van der Waals surface area contributed by atoms with Crippen LogP contribution in [0.3, 0.4) is 0 Å². The Hall–Kier alpha value is -1.09. The van der Waals surface area contributed by atoms with Crippen LogP contribution < -0.4 is 0 Å². The zero-order valence-electron chi connectivity index (χ0n) is 12.6. The summed E-state index contributed by atoms with van der Waals surface area (Å²) in [5, 5.41) is 0. The number of ketones is 1. The van der Waals surface area contributed by atoms with Crippen molar-refractivity contribution >= 4 is 21.7 Å². The molecule has 3 heteroatoms. The van der Waals surface area contributed by atoms with Gasteiger partial charge < -0.3 is 4.90 Å². The van der Waals surface area contributed by atoms with Crippen LogP contribution in [0, 0.1) is 5.92 Å². The lowest BCUT2D eigenvalue weighted by Gasteiger charge is -2.46. The third-order valence-corrected chi connectivity index (χ3v) is 4.51. The van der Waals surface area contributed by atoms with Crippen molar-refractivity contribution in [2.45, 2.75) is 32.1 Å². The molecule has 0 aromatic heterocycles. The molecule has 2 rings (SSSR count). The largest absolute Gasteiger partial charge is 0.383 e. The molecule has 1 saturated carbocycles. The first kappa shape index (κ1) is 15.3. The van der Waals surface area contributed by atoms with E-state index in [4.69, 9.17) is 0 Å². The van der Waals surface area contributed by atoms with E-state index in [1.165, 1.54) is 0 Å². The summed E-state index contributed by atoms with van der Waals surface area (Å²) in [4.78, 5) is 14.9. The summed E-state index contributed by atoms with van der Waals surface area (Å²) in [6, 6.07) is 8.19. The number of carbonyl (C=O) groups excluding carboxylic acids is 1. The molecule has 0 N–H and O–H groups in total. The maximum Gasteiger partial charge on any atom is 0.170 e. The number of carbonyl (C=O) groups is 1. The van der Waals surface area contributed by atoms with Crippen LogP contribution in [0.4, 0.5) is 0 Å². The zero-order chi connectivity index (χ0) is 14.9. The van der Waals surface area contributed by atoms with Gasteiger partial charge in [-0.05, 0) is 43.4 Å². The van der Waals surface area contributed by atoms with Gasteiger partial charge in [0.05, 0.1) is 5.41 Å². The fraction of sp³-hybridized carbons (Fsp3) is 0.471. The first-order valence-corrected chi connectivity index (χ1v) is 7.80. The van der Waals surface area contributed by atoms with E-state index in [2.05, 4.69) is 35.0 Å². The highest BCUT2D eigenvalue weighted by molar-refractivity contribution is 9.10. The Morgan fingerprint density at radius 1 is 1.40 bits per heavy atom. The number of hydrogen-bond donors (Lipinski definition) is 0. The molecule has 0 saturated heterocycles. The summed E-state index contributed by atoms with van der Waals surface area (Å²) in [5.41, 5.74) is 1.66. The molecule has 1 fully saturated rings. The fourth-order valence-corrected chi connectivity index (χ4v) is 3.69. The number of halogens is 1. The molecule has 1 aromatic carbocycles. The summed E-state index contributed by atoms with van der Waals surface area (Å²) in [6.45, 7) is 4.14. The summed E-state index contributed by atoms with van der Waals surface area (Å²) < 4.78 is 1.04. The average Bonchev–Trinajstić information content (AvgIpc) is 2.33. The molecule has 0 radical (unpaired) electrons. The van der Waals surface area contributed by atoms with Gasteiger partial charge in [-0.25, -0.2) is 0 Å². The van der Waals surface area contributed by atoms with Gasteiger partial charge in [-0.2, -0.15) is 0 Å². The normalized spacial score (nSPS) is 26.1. The zero-order valence-corrected chi connectivity index (χ0v) is 14.2. The molecular formula is C17H22BrNO. The van der Waals surface area contributed by atoms with Crippen LogP contribution in [0.2, 0.25) is 0 Å². The lowest BCUT2D eigenvalue weighted by atomic mass is 9.56. The van der Waals surface area contributed by atoms with Gasteiger partial charge >= 0.3 is 0 Å². The minimum Gasteiger partial charge on any atom is -0.383 e. The number of Topliss-reactive ketones (excluding diaryl/α,β-unsaturated/α-hetero) is 1. The maximum absolute atomic E-state index is 12.9.